The van der Waals surface area contributed by atoms with E-state index in [1.807, 2.05) is 27.2 Å². The van der Waals surface area contributed by atoms with Gasteiger partial charge < -0.3 is 15.0 Å². The van der Waals surface area contributed by atoms with Crippen molar-refractivity contribution in [2.24, 2.45) is 0 Å². The molecule has 2 heterocycles. The van der Waals surface area contributed by atoms with Crippen LogP contribution in [-0.4, -0.2) is 21.8 Å². The number of hydrogen-bond acceptors (Lipinski definition) is 3. The number of anilines is 1. The summed E-state index contributed by atoms with van der Waals surface area (Å²) in [5.74, 6) is 0.217. The van der Waals surface area contributed by atoms with E-state index >= 15 is 0 Å². The quantitative estimate of drug-likeness (QED) is 0.760. The fraction of sp³-hybridized carbons (Fsp3) is 0.500. The van der Waals surface area contributed by atoms with Gasteiger partial charge in [0.25, 0.3) is 0 Å². The Kier molecular flexibility index (Phi) is 3.40. The van der Waals surface area contributed by atoms with Gasteiger partial charge in [0.1, 0.15) is 5.82 Å². The maximum Gasteiger partial charge on any atom is 0.201 e. The predicted molar refractivity (Wildman–Crippen MR) is 85.1 cm³/mol. The summed E-state index contributed by atoms with van der Waals surface area (Å²) in [5, 5.41) is 0. The van der Waals surface area contributed by atoms with Crippen LogP contribution >= 0.6 is 22.6 Å². The molecule has 0 spiro atoms. The van der Waals surface area contributed by atoms with Crippen LogP contribution in [0.4, 0.5) is 10.3 Å². The first kappa shape index (κ1) is 14.1. The molecule has 0 amide bonds. The van der Waals surface area contributed by atoms with Gasteiger partial charge in [-0.25, -0.2) is 9.37 Å². The number of nitrogen functional groups attached to an aromatic ring is 1. The Morgan fingerprint density at radius 2 is 2.25 bits per heavy atom. The predicted octanol–water partition coefficient (Wildman–Crippen LogP) is 3.49. The Bertz CT molecular complexity index is 668. The van der Waals surface area contributed by atoms with E-state index in [2.05, 4.69) is 18.8 Å². The molecule has 1 aliphatic rings. The minimum absolute atomic E-state index is 0.187. The molecule has 0 aliphatic carbocycles. The molecule has 0 saturated carbocycles. The first-order chi connectivity index (χ1) is 9.37. The van der Waals surface area contributed by atoms with Crippen LogP contribution < -0.4 is 5.73 Å². The molecule has 2 N–H and O–H groups in total. The van der Waals surface area contributed by atoms with Gasteiger partial charge in [0.05, 0.1) is 20.2 Å². The topological polar surface area (TPSA) is 53.1 Å². The van der Waals surface area contributed by atoms with Gasteiger partial charge in [0.15, 0.2) is 0 Å². The van der Waals surface area contributed by atoms with Crippen LogP contribution in [0.15, 0.2) is 12.1 Å². The Hall–Kier alpha value is -0.890. The third-order valence-electron chi connectivity index (χ3n) is 3.80. The van der Waals surface area contributed by atoms with Crippen molar-refractivity contribution < 1.29 is 9.13 Å². The smallest absolute Gasteiger partial charge is 0.201 e. The molecule has 20 heavy (non-hydrogen) atoms. The van der Waals surface area contributed by atoms with Gasteiger partial charge >= 0.3 is 0 Å². The third kappa shape index (κ3) is 2.39. The molecule has 0 radical (unpaired) electrons. The van der Waals surface area contributed by atoms with Crippen molar-refractivity contribution in [2.45, 2.75) is 38.3 Å². The van der Waals surface area contributed by atoms with Crippen molar-refractivity contribution in [3.8, 4) is 0 Å². The Morgan fingerprint density at radius 3 is 2.95 bits per heavy atom. The van der Waals surface area contributed by atoms with Gasteiger partial charge in [-0.15, -0.1) is 0 Å². The Balaban J connectivity index is 2.11. The number of nitrogens with two attached hydrogens (primary N) is 1. The molecule has 1 atom stereocenters. The van der Waals surface area contributed by atoms with E-state index in [1.165, 1.54) is 6.07 Å². The Morgan fingerprint density at radius 1 is 1.50 bits per heavy atom. The molecule has 0 bridgehead atoms. The summed E-state index contributed by atoms with van der Waals surface area (Å²) in [5.41, 5.74) is 7.39. The molecule has 6 heteroatoms. The maximum absolute atomic E-state index is 13.8. The van der Waals surface area contributed by atoms with Gasteiger partial charge in [-0.2, -0.15) is 0 Å². The fourth-order valence-electron chi connectivity index (χ4n) is 2.91. The molecule has 1 unspecified atom stereocenters. The molecule has 1 aromatic carbocycles. The van der Waals surface area contributed by atoms with Crippen LogP contribution in [0.2, 0.25) is 0 Å². The molecule has 4 nitrogen and oxygen atoms in total. The van der Waals surface area contributed by atoms with Crippen LogP contribution in [0.1, 0.15) is 32.7 Å². The lowest BCUT2D eigenvalue weighted by Gasteiger charge is -2.36. The van der Waals surface area contributed by atoms with E-state index in [0.717, 1.165) is 23.9 Å². The van der Waals surface area contributed by atoms with Crippen LogP contribution in [0.3, 0.4) is 0 Å². The van der Waals surface area contributed by atoms with E-state index in [-0.39, 0.29) is 17.5 Å². The number of fused-ring (bicyclic) bond motifs is 1. The summed E-state index contributed by atoms with van der Waals surface area (Å²) in [6.07, 6.45) is 1.71. The molecular weight excluding hydrogens is 372 g/mol. The molecule has 108 valence electrons. The van der Waals surface area contributed by atoms with Crippen LogP contribution in [0.25, 0.3) is 11.0 Å². The number of ether oxygens (including phenoxy) is 1. The van der Waals surface area contributed by atoms with Gasteiger partial charge in [0.2, 0.25) is 5.95 Å². The second-order valence-electron chi connectivity index (χ2n) is 5.85. The zero-order valence-corrected chi connectivity index (χ0v) is 13.6. The number of nitrogens with zero attached hydrogens (tertiary/aromatic N) is 2. The van der Waals surface area contributed by atoms with Gasteiger partial charge in [0, 0.05) is 18.7 Å². The number of imidazole rings is 1. The molecule has 1 saturated heterocycles. The first-order valence-electron chi connectivity index (χ1n) is 6.64. The number of aromatic nitrogens is 2. The van der Waals surface area contributed by atoms with Gasteiger partial charge in [-0.3, -0.25) is 0 Å². The highest BCUT2D eigenvalue weighted by atomic mass is 127. The third-order valence-corrected chi connectivity index (χ3v) is 4.62. The lowest BCUT2D eigenvalue weighted by molar-refractivity contribution is -0.0682. The summed E-state index contributed by atoms with van der Waals surface area (Å²) >= 11 is 1.97. The lowest BCUT2D eigenvalue weighted by atomic mass is 9.93. The molecule has 1 aromatic heterocycles. The van der Waals surface area contributed by atoms with Crippen molar-refractivity contribution >= 4 is 39.6 Å². The summed E-state index contributed by atoms with van der Waals surface area (Å²) in [7, 11) is 0. The van der Waals surface area contributed by atoms with Gasteiger partial charge in [-0.05, 0) is 55.3 Å². The normalized spacial score (nSPS) is 22.3. The van der Waals surface area contributed by atoms with Crippen molar-refractivity contribution in [1.29, 1.82) is 0 Å². The van der Waals surface area contributed by atoms with E-state index in [1.54, 1.807) is 6.07 Å². The van der Waals surface area contributed by atoms with Crippen molar-refractivity contribution in [3.63, 3.8) is 0 Å². The first-order valence-corrected chi connectivity index (χ1v) is 7.72. The number of hydrogen-bond donors (Lipinski definition) is 1. The average molecular weight is 389 g/mol. The standard InChI is InChI=1S/C14H17FIN3O/c1-14(2)7-8(3-4-20-14)19-12-5-9(15)10(16)6-11(12)18-13(19)17/h5-6,8H,3-4,7H2,1-2H3,(H2,17,18). The fourth-order valence-corrected chi connectivity index (χ4v) is 3.36. The molecule has 2 aromatic rings. The second-order valence-corrected chi connectivity index (χ2v) is 7.01. The zero-order valence-electron chi connectivity index (χ0n) is 11.5. The van der Waals surface area contributed by atoms with E-state index < -0.39 is 0 Å². The molecule has 3 rings (SSSR count). The molecule has 1 fully saturated rings. The monoisotopic (exact) mass is 389 g/mol. The van der Waals surface area contributed by atoms with Crippen LogP contribution in [0.5, 0.6) is 0 Å². The number of halogens is 2. The molecular formula is C14H17FIN3O. The lowest BCUT2D eigenvalue weighted by Crippen LogP contribution is -2.35. The van der Waals surface area contributed by atoms with Gasteiger partial charge in [-0.1, -0.05) is 0 Å². The maximum atomic E-state index is 13.8. The van der Waals surface area contributed by atoms with Crippen molar-refractivity contribution in [3.05, 3.63) is 21.5 Å². The highest BCUT2D eigenvalue weighted by Gasteiger charge is 2.31. The van der Waals surface area contributed by atoms with E-state index in [4.69, 9.17) is 10.5 Å². The molecule has 1 aliphatic heterocycles. The SMILES string of the molecule is CC1(C)CC(n2c(N)nc3cc(I)c(F)cc32)CCO1. The van der Waals surface area contributed by atoms with Crippen molar-refractivity contribution in [1.82, 2.24) is 9.55 Å². The summed E-state index contributed by atoms with van der Waals surface area (Å²) in [6, 6.07) is 3.47. The summed E-state index contributed by atoms with van der Waals surface area (Å²) in [4.78, 5) is 4.37. The number of rotatable bonds is 1. The van der Waals surface area contributed by atoms with Crippen molar-refractivity contribution in [2.75, 3.05) is 12.3 Å². The number of benzene rings is 1. The Labute approximate surface area is 130 Å². The van der Waals surface area contributed by atoms with Crippen LogP contribution in [-0.2, 0) is 4.74 Å². The highest BCUT2D eigenvalue weighted by molar-refractivity contribution is 14.1. The second kappa shape index (κ2) is 4.84. The average Bonchev–Trinajstić information content (AvgIpc) is 2.64. The minimum atomic E-state index is -0.231. The van der Waals surface area contributed by atoms with E-state index in [0.29, 0.717) is 16.1 Å². The highest BCUT2D eigenvalue weighted by Crippen LogP contribution is 2.36. The zero-order chi connectivity index (χ0) is 14.5. The van der Waals surface area contributed by atoms with E-state index in [9.17, 15) is 4.39 Å². The van der Waals surface area contributed by atoms with Crippen LogP contribution in [0, 0.1) is 9.39 Å². The largest absolute Gasteiger partial charge is 0.375 e. The summed E-state index contributed by atoms with van der Waals surface area (Å²) < 4.78 is 22.1. The summed E-state index contributed by atoms with van der Waals surface area (Å²) in [6.45, 7) is 4.82. The minimum Gasteiger partial charge on any atom is -0.375 e.